The van der Waals surface area contributed by atoms with Gasteiger partial charge in [0.15, 0.2) is 0 Å². The van der Waals surface area contributed by atoms with Crippen molar-refractivity contribution in [3.8, 4) is 5.69 Å². The van der Waals surface area contributed by atoms with Crippen molar-refractivity contribution in [2.24, 2.45) is 0 Å². The maximum absolute atomic E-state index is 13.2. The van der Waals surface area contributed by atoms with Gasteiger partial charge in [-0.2, -0.15) is 4.31 Å². The third-order valence-electron chi connectivity index (χ3n) is 4.43. The normalized spacial score (nSPS) is 18.5. The lowest BCUT2D eigenvalue weighted by Gasteiger charge is -2.24. The maximum atomic E-state index is 13.2. The first-order valence-corrected chi connectivity index (χ1v) is 9.50. The first-order chi connectivity index (χ1) is 12.2. The van der Waals surface area contributed by atoms with Gasteiger partial charge in [-0.1, -0.05) is 36.4 Å². The molecule has 25 heavy (non-hydrogen) atoms. The van der Waals surface area contributed by atoms with Crippen LogP contribution in [-0.2, 0) is 10.0 Å². The Morgan fingerprint density at radius 3 is 2.64 bits per heavy atom. The third kappa shape index (κ3) is 2.94. The van der Waals surface area contributed by atoms with E-state index in [2.05, 4.69) is 15.5 Å². The molecule has 3 aromatic rings. The molecule has 1 aliphatic rings. The lowest BCUT2D eigenvalue weighted by molar-refractivity contribution is 0.396. The summed E-state index contributed by atoms with van der Waals surface area (Å²) in [6.45, 7) is 0.525. The van der Waals surface area contributed by atoms with Crippen molar-refractivity contribution in [3.63, 3.8) is 0 Å². The zero-order valence-corrected chi connectivity index (χ0v) is 14.2. The highest BCUT2D eigenvalue weighted by Crippen LogP contribution is 2.36. The van der Waals surface area contributed by atoms with E-state index < -0.39 is 10.0 Å². The second-order valence-corrected chi connectivity index (χ2v) is 7.83. The lowest BCUT2D eigenvalue weighted by Crippen LogP contribution is -2.30. The Balaban J connectivity index is 1.71. The number of benzene rings is 2. The van der Waals surface area contributed by atoms with Crippen LogP contribution in [0.25, 0.3) is 5.69 Å². The second kappa shape index (κ2) is 6.38. The molecule has 1 fully saturated rings. The number of tetrazole rings is 1. The fourth-order valence-electron chi connectivity index (χ4n) is 3.24. The molecule has 4 rings (SSSR count). The van der Waals surface area contributed by atoms with Crippen LogP contribution in [0.5, 0.6) is 0 Å². The molecule has 1 aliphatic heterocycles. The van der Waals surface area contributed by atoms with Gasteiger partial charge in [0.25, 0.3) is 0 Å². The average Bonchev–Trinajstić information content (AvgIpc) is 3.34. The fourth-order valence-corrected chi connectivity index (χ4v) is 4.96. The molecule has 1 aromatic heterocycles. The number of aromatic nitrogens is 4. The van der Waals surface area contributed by atoms with Crippen LogP contribution >= 0.6 is 0 Å². The van der Waals surface area contributed by atoms with Crippen molar-refractivity contribution in [3.05, 3.63) is 66.5 Å². The smallest absolute Gasteiger partial charge is 0.207 e. The van der Waals surface area contributed by atoms with Crippen molar-refractivity contribution in [1.82, 2.24) is 24.5 Å². The van der Waals surface area contributed by atoms with Gasteiger partial charge in [-0.3, -0.25) is 0 Å². The minimum atomic E-state index is -3.60. The molecule has 0 amide bonds. The van der Waals surface area contributed by atoms with Gasteiger partial charge in [0.2, 0.25) is 10.0 Å². The average molecular weight is 355 g/mol. The van der Waals surface area contributed by atoms with Gasteiger partial charge in [-0.05, 0) is 47.0 Å². The summed E-state index contributed by atoms with van der Waals surface area (Å²) in [6.07, 6.45) is 3.12. The molecule has 0 bridgehead atoms. The molecule has 0 spiro atoms. The first kappa shape index (κ1) is 15.9. The minimum absolute atomic E-state index is 0.122. The lowest BCUT2D eigenvalue weighted by atomic mass is 10.1. The molecular weight excluding hydrogens is 338 g/mol. The van der Waals surface area contributed by atoms with E-state index >= 15 is 0 Å². The van der Waals surface area contributed by atoms with E-state index in [1.807, 2.05) is 30.3 Å². The van der Waals surface area contributed by atoms with Gasteiger partial charge in [0, 0.05) is 6.54 Å². The fraction of sp³-hybridized carbons (Fsp3) is 0.235. The van der Waals surface area contributed by atoms with Gasteiger partial charge < -0.3 is 0 Å². The molecule has 7 nitrogen and oxygen atoms in total. The Morgan fingerprint density at radius 2 is 1.88 bits per heavy atom. The van der Waals surface area contributed by atoms with Crippen LogP contribution in [0.4, 0.5) is 0 Å². The molecule has 2 aromatic carbocycles. The van der Waals surface area contributed by atoms with Crippen molar-refractivity contribution < 1.29 is 8.42 Å². The number of hydrogen-bond donors (Lipinski definition) is 0. The van der Waals surface area contributed by atoms with E-state index in [-0.39, 0.29) is 10.9 Å². The summed E-state index contributed by atoms with van der Waals surface area (Å²) in [6, 6.07) is 16.4. The summed E-state index contributed by atoms with van der Waals surface area (Å²) in [7, 11) is -3.60. The van der Waals surface area contributed by atoms with Crippen molar-refractivity contribution in [1.29, 1.82) is 0 Å². The van der Waals surface area contributed by atoms with Gasteiger partial charge in [-0.25, -0.2) is 13.1 Å². The second-order valence-electron chi connectivity index (χ2n) is 5.94. The maximum Gasteiger partial charge on any atom is 0.243 e. The molecule has 1 unspecified atom stereocenters. The van der Waals surface area contributed by atoms with E-state index in [4.69, 9.17) is 0 Å². The van der Waals surface area contributed by atoms with E-state index in [0.717, 1.165) is 18.4 Å². The van der Waals surface area contributed by atoms with Crippen LogP contribution in [-0.4, -0.2) is 39.5 Å². The topological polar surface area (TPSA) is 81.0 Å². The third-order valence-corrected chi connectivity index (χ3v) is 6.33. The number of nitrogens with zero attached hydrogens (tertiary/aromatic N) is 5. The molecule has 0 saturated carbocycles. The van der Waals surface area contributed by atoms with Crippen LogP contribution in [0.1, 0.15) is 24.4 Å². The SMILES string of the molecule is O=S(=O)(c1cccc(-n2cnnn2)c1)N1CCCC1c1ccccc1. The largest absolute Gasteiger partial charge is 0.243 e. The Labute approximate surface area is 146 Å². The Morgan fingerprint density at radius 1 is 1.04 bits per heavy atom. The van der Waals surface area contributed by atoms with E-state index in [1.54, 1.807) is 28.6 Å². The van der Waals surface area contributed by atoms with Gasteiger partial charge in [0.1, 0.15) is 6.33 Å². The highest BCUT2D eigenvalue weighted by Gasteiger charge is 2.36. The van der Waals surface area contributed by atoms with E-state index in [1.165, 1.54) is 11.0 Å². The molecule has 0 radical (unpaired) electrons. The van der Waals surface area contributed by atoms with Gasteiger partial charge in [0.05, 0.1) is 16.6 Å². The van der Waals surface area contributed by atoms with E-state index in [0.29, 0.717) is 12.2 Å². The van der Waals surface area contributed by atoms with Crippen molar-refractivity contribution in [2.45, 2.75) is 23.8 Å². The molecule has 128 valence electrons. The van der Waals surface area contributed by atoms with Crippen LogP contribution in [0.2, 0.25) is 0 Å². The molecule has 0 aliphatic carbocycles. The highest BCUT2D eigenvalue weighted by atomic mass is 32.2. The summed E-state index contributed by atoms with van der Waals surface area (Å²) < 4.78 is 29.5. The molecule has 0 N–H and O–H groups in total. The van der Waals surface area contributed by atoms with E-state index in [9.17, 15) is 8.42 Å². The van der Waals surface area contributed by atoms with Crippen LogP contribution in [0.15, 0.2) is 65.8 Å². The van der Waals surface area contributed by atoms with Gasteiger partial charge >= 0.3 is 0 Å². The Kier molecular flexibility index (Phi) is 4.06. The van der Waals surface area contributed by atoms with Crippen molar-refractivity contribution in [2.75, 3.05) is 6.54 Å². The number of sulfonamides is 1. The van der Waals surface area contributed by atoms with Crippen LogP contribution < -0.4 is 0 Å². The first-order valence-electron chi connectivity index (χ1n) is 8.06. The predicted molar refractivity (Wildman–Crippen MR) is 91.5 cm³/mol. The van der Waals surface area contributed by atoms with Crippen LogP contribution in [0, 0.1) is 0 Å². The molecular formula is C17H17N5O2S. The quantitative estimate of drug-likeness (QED) is 0.716. The number of rotatable bonds is 4. The Hall–Kier alpha value is -2.58. The van der Waals surface area contributed by atoms with Gasteiger partial charge in [-0.15, -0.1) is 5.10 Å². The monoisotopic (exact) mass is 355 g/mol. The highest BCUT2D eigenvalue weighted by molar-refractivity contribution is 7.89. The zero-order valence-electron chi connectivity index (χ0n) is 13.4. The molecule has 2 heterocycles. The summed E-state index contributed by atoms with van der Waals surface area (Å²) in [5.41, 5.74) is 1.64. The van der Waals surface area contributed by atoms with Crippen molar-refractivity contribution >= 4 is 10.0 Å². The zero-order chi connectivity index (χ0) is 17.3. The summed E-state index contributed by atoms with van der Waals surface area (Å²) >= 11 is 0. The molecule has 1 atom stereocenters. The summed E-state index contributed by atoms with van der Waals surface area (Å²) in [4.78, 5) is 0.253. The standard InChI is InChI=1S/C17H17N5O2S/c23-25(24,16-9-4-8-15(12-16)21-13-18-19-20-21)22-11-5-10-17(22)14-6-2-1-3-7-14/h1-4,6-9,12-13,17H,5,10-11H2. The molecule has 1 saturated heterocycles. The summed E-state index contributed by atoms with van der Waals surface area (Å²) in [5, 5.41) is 11.0. The van der Waals surface area contributed by atoms with Crippen LogP contribution in [0.3, 0.4) is 0 Å². The predicted octanol–water partition coefficient (Wildman–Crippen LogP) is 2.19. The summed E-state index contributed by atoms with van der Waals surface area (Å²) in [5.74, 6) is 0. The molecule has 8 heteroatoms. The Bertz CT molecular complexity index is 958. The number of hydrogen-bond acceptors (Lipinski definition) is 5. The minimum Gasteiger partial charge on any atom is -0.207 e.